The van der Waals surface area contributed by atoms with Gasteiger partial charge in [0.2, 0.25) is 0 Å². The maximum atomic E-state index is 13.0. The molecule has 2 aromatic rings. The highest BCUT2D eigenvalue weighted by Gasteiger charge is 2.24. The predicted octanol–water partition coefficient (Wildman–Crippen LogP) is 3.22. The van der Waals surface area contributed by atoms with Crippen LogP contribution >= 0.6 is 0 Å². The summed E-state index contributed by atoms with van der Waals surface area (Å²) in [7, 11) is 0. The Morgan fingerprint density at radius 2 is 1.95 bits per heavy atom. The van der Waals surface area contributed by atoms with Crippen molar-refractivity contribution in [3.63, 3.8) is 0 Å². The lowest BCUT2D eigenvalue weighted by Gasteiger charge is -2.20. The lowest BCUT2D eigenvalue weighted by molar-refractivity contribution is 0.0753. The normalized spacial score (nSPS) is 16.2. The van der Waals surface area contributed by atoms with Crippen LogP contribution in [0.25, 0.3) is 5.65 Å². The minimum absolute atomic E-state index is 0.145. The van der Waals surface area contributed by atoms with Gasteiger partial charge in [0, 0.05) is 19.3 Å². The SMILES string of the molecule is CCc1nc2c(C)cccn2c1C(=O)N1CCCCCC1. The summed E-state index contributed by atoms with van der Waals surface area (Å²) in [6.45, 7) is 5.86. The van der Waals surface area contributed by atoms with Crippen molar-refractivity contribution in [2.75, 3.05) is 13.1 Å². The van der Waals surface area contributed by atoms with E-state index in [4.69, 9.17) is 0 Å². The van der Waals surface area contributed by atoms with Gasteiger partial charge in [0.05, 0.1) is 5.69 Å². The number of rotatable bonds is 2. The first-order chi connectivity index (χ1) is 10.2. The van der Waals surface area contributed by atoms with Gasteiger partial charge in [-0.15, -0.1) is 0 Å². The van der Waals surface area contributed by atoms with Crippen molar-refractivity contribution in [3.05, 3.63) is 35.3 Å². The van der Waals surface area contributed by atoms with Crippen LogP contribution < -0.4 is 0 Å². The molecule has 0 spiro atoms. The number of hydrogen-bond donors (Lipinski definition) is 0. The molecule has 2 aromatic heterocycles. The maximum absolute atomic E-state index is 13.0. The van der Waals surface area contributed by atoms with Gasteiger partial charge >= 0.3 is 0 Å². The van der Waals surface area contributed by atoms with E-state index in [1.807, 2.05) is 34.6 Å². The number of fused-ring (bicyclic) bond motifs is 1. The van der Waals surface area contributed by atoms with Crippen LogP contribution in [0.15, 0.2) is 18.3 Å². The van der Waals surface area contributed by atoms with Crippen LogP contribution in [0.3, 0.4) is 0 Å². The third-order valence-electron chi connectivity index (χ3n) is 4.35. The number of amides is 1. The van der Waals surface area contributed by atoms with Crippen molar-refractivity contribution < 1.29 is 4.79 Å². The zero-order valence-electron chi connectivity index (χ0n) is 12.9. The molecule has 0 radical (unpaired) electrons. The van der Waals surface area contributed by atoms with Crippen molar-refractivity contribution in [2.45, 2.75) is 46.0 Å². The van der Waals surface area contributed by atoms with Crippen molar-refractivity contribution in [3.8, 4) is 0 Å². The summed E-state index contributed by atoms with van der Waals surface area (Å²) in [5.41, 5.74) is 3.70. The number of nitrogens with zero attached hydrogens (tertiary/aromatic N) is 3. The summed E-state index contributed by atoms with van der Waals surface area (Å²) < 4.78 is 1.97. The number of hydrogen-bond acceptors (Lipinski definition) is 2. The van der Waals surface area contributed by atoms with Crippen LogP contribution in [0.1, 0.15) is 54.4 Å². The van der Waals surface area contributed by atoms with E-state index in [-0.39, 0.29) is 5.91 Å². The fourth-order valence-electron chi connectivity index (χ4n) is 3.15. The summed E-state index contributed by atoms with van der Waals surface area (Å²) >= 11 is 0. The zero-order valence-corrected chi connectivity index (χ0v) is 12.9. The van der Waals surface area contributed by atoms with Gasteiger partial charge in [0.25, 0.3) is 5.91 Å². The lowest BCUT2D eigenvalue weighted by Crippen LogP contribution is -2.33. The van der Waals surface area contributed by atoms with Gasteiger partial charge in [-0.1, -0.05) is 25.8 Å². The Morgan fingerprint density at radius 3 is 2.62 bits per heavy atom. The van der Waals surface area contributed by atoms with Gasteiger partial charge in [0.1, 0.15) is 11.3 Å². The van der Waals surface area contributed by atoms with E-state index in [9.17, 15) is 4.79 Å². The average molecular weight is 285 g/mol. The molecule has 112 valence electrons. The molecule has 1 fully saturated rings. The van der Waals surface area contributed by atoms with Gasteiger partial charge in [-0.05, 0) is 37.8 Å². The lowest BCUT2D eigenvalue weighted by atomic mass is 10.2. The van der Waals surface area contributed by atoms with Crippen LogP contribution in [0, 0.1) is 6.92 Å². The number of imidazole rings is 1. The standard InChI is InChI=1S/C17H23N3O/c1-3-14-15(17(21)19-10-6-4-5-7-11-19)20-12-8-9-13(2)16(20)18-14/h8-9,12H,3-7,10-11H2,1-2H3. The molecule has 0 N–H and O–H groups in total. The Kier molecular flexibility index (Phi) is 3.95. The summed E-state index contributed by atoms with van der Waals surface area (Å²) in [6.07, 6.45) is 7.44. The van der Waals surface area contributed by atoms with Gasteiger partial charge in [-0.3, -0.25) is 9.20 Å². The maximum Gasteiger partial charge on any atom is 0.272 e. The molecule has 0 aromatic carbocycles. The summed E-state index contributed by atoms with van der Waals surface area (Å²) in [4.78, 5) is 19.7. The Hall–Kier alpha value is -1.84. The van der Waals surface area contributed by atoms with Crippen LogP contribution in [-0.4, -0.2) is 33.3 Å². The molecule has 3 rings (SSSR count). The number of carbonyl (C=O) groups is 1. The van der Waals surface area contributed by atoms with E-state index >= 15 is 0 Å². The van der Waals surface area contributed by atoms with Gasteiger partial charge in [0.15, 0.2) is 0 Å². The molecule has 1 aliphatic rings. The van der Waals surface area contributed by atoms with Crippen molar-refractivity contribution in [1.82, 2.24) is 14.3 Å². The minimum atomic E-state index is 0.145. The van der Waals surface area contributed by atoms with E-state index in [0.29, 0.717) is 0 Å². The second-order valence-corrected chi connectivity index (χ2v) is 5.85. The third-order valence-corrected chi connectivity index (χ3v) is 4.35. The fraction of sp³-hybridized carbons (Fsp3) is 0.529. The predicted molar refractivity (Wildman–Crippen MR) is 83.7 cm³/mol. The van der Waals surface area contributed by atoms with Crippen LogP contribution in [0.4, 0.5) is 0 Å². The van der Waals surface area contributed by atoms with E-state index in [1.165, 1.54) is 12.8 Å². The second kappa shape index (κ2) is 5.88. The van der Waals surface area contributed by atoms with E-state index < -0.39 is 0 Å². The quantitative estimate of drug-likeness (QED) is 0.849. The van der Waals surface area contributed by atoms with E-state index in [2.05, 4.69) is 11.9 Å². The van der Waals surface area contributed by atoms with E-state index in [1.54, 1.807) is 0 Å². The van der Waals surface area contributed by atoms with Crippen molar-refractivity contribution in [1.29, 1.82) is 0 Å². The summed E-state index contributed by atoms with van der Waals surface area (Å²) in [5.74, 6) is 0.145. The summed E-state index contributed by atoms with van der Waals surface area (Å²) in [5, 5.41) is 0. The fourth-order valence-corrected chi connectivity index (χ4v) is 3.15. The van der Waals surface area contributed by atoms with E-state index in [0.717, 1.165) is 55.0 Å². The van der Waals surface area contributed by atoms with Crippen LogP contribution in [0.5, 0.6) is 0 Å². The van der Waals surface area contributed by atoms with Gasteiger partial charge < -0.3 is 4.90 Å². The number of aryl methyl sites for hydroxylation is 2. The number of pyridine rings is 1. The molecule has 3 heterocycles. The highest BCUT2D eigenvalue weighted by Crippen LogP contribution is 2.20. The Morgan fingerprint density at radius 1 is 1.24 bits per heavy atom. The minimum Gasteiger partial charge on any atom is -0.337 e. The molecule has 4 heteroatoms. The molecular formula is C17H23N3O. The molecule has 0 aliphatic carbocycles. The second-order valence-electron chi connectivity index (χ2n) is 5.85. The molecular weight excluding hydrogens is 262 g/mol. The molecule has 1 saturated heterocycles. The zero-order chi connectivity index (χ0) is 14.8. The molecule has 21 heavy (non-hydrogen) atoms. The van der Waals surface area contributed by atoms with Crippen LogP contribution in [0.2, 0.25) is 0 Å². The number of aromatic nitrogens is 2. The molecule has 4 nitrogen and oxygen atoms in total. The first-order valence-corrected chi connectivity index (χ1v) is 7.98. The highest BCUT2D eigenvalue weighted by atomic mass is 16.2. The van der Waals surface area contributed by atoms with Crippen molar-refractivity contribution >= 4 is 11.6 Å². The summed E-state index contributed by atoms with van der Waals surface area (Å²) in [6, 6.07) is 4.03. The monoisotopic (exact) mass is 285 g/mol. The molecule has 1 amide bonds. The Labute approximate surface area is 125 Å². The molecule has 0 saturated carbocycles. The Bertz CT molecular complexity index is 651. The third kappa shape index (κ3) is 2.55. The first kappa shape index (κ1) is 14.1. The highest BCUT2D eigenvalue weighted by molar-refractivity contribution is 5.95. The molecule has 0 atom stereocenters. The number of likely N-dealkylation sites (tertiary alicyclic amines) is 1. The largest absolute Gasteiger partial charge is 0.337 e. The Balaban J connectivity index is 2.05. The number of carbonyl (C=O) groups excluding carboxylic acids is 1. The van der Waals surface area contributed by atoms with Gasteiger partial charge in [-0.25, -0.2) is 4.98 Å². The first-order valence-electron chi connectivity index (χ1n) is 7.98. The van der Waals surface area contributed by atoms with Crippen molar-refractivity contribution in [2.24, 2.45) is 0 Å². The topological polar surface area (TPSA) is 37.6 Å². The van der Waals surface area contributed by atoms with Crippen LogP contribution in [-0.2, 0) is 6.42 Å². The smallest absolute Gasteiger partial charge is 0.272 e. The molecule has 0 unspecified atom stereocenters. The van der Waals surface area contributed by atoms with Gasteiger partial charge in [-0.2, -0.15) is 0 Å². The molecule has 0 bridgehead atoms. The average Bonchev–Trinajstić information content (AvgIpc) is 2.68. The molecule has 1 aliphatic heterocycles.